The van der Waals surface area contributed by atoms with E-state index < -0.39 is 0 Å². The van der Waals surface area contributed by atoms with Gasteiger partial charge in [-0.05, 0) is 69.4 Å². The summed E-state index contributed by atoms with van der Waals surface area (Å²) in [5.74, 6) is 2.23. The quantitative estimate of drug-likeness (QED) is 0.356. The standard InChI is InChI=1S/C26H39O2P/c1-18-19(2)26(3,25-23(28-5)17-16-22(27-4)24(18)25)29(20-12-8-6-9-13-20)21-14-10-7-11-15-21/h16-17,20-21H,6-15H2,1-5H3/p+1/t26-/m1/s1. The molecule has 160 valence electrons. The summed E-state index contributed by atoms with van der Waals surface area (Å²) in [7, 11) is 3.64. The SMILES string of the molecule is COc1ccc([OH+]C)c2c1C(C)=C(C)[C@@]2(C)P(C1CCCCC1)C1CCCCC1. The fourth-order valence-electron chi connectivity index (χ4n) is 6.60. The van der Waals surface area contributed by atoms with E-state index in [9.17, 15) is 0 Å². The molecule has 0 unspecified atom stereocenters. The summed E-state index contributed by atoms with van der Waals surface area (Å²) in [6.45, 7) is 7.35. The first-order chi connectivity index (χ1) is 14.0. The minimum atomic E-state index is -0.145. The lowest BCUT2D eigenvalue weighted by molar-refractivity contribution is 0.133. The van der Waals surface area contributed by atoms with Gasteiger partial charge in [-0.3, -0.25) is 0 Å². The van der Waals surface area contributed by atoms with Crippen LogP contribution in [0.4, 0.5) is 0 Å². The van der Waals surface area contributed by atoms with Crippen molar-refractivity contribution in [2.45, 2.75) is 101 Å². The predicted molar refractivity (Wildman–Crippen MR) is 127 cm³/mol. The van der Waals surface area contributed by atoms with Crippen molar-refractivity contribution in [1.29, 1.82) is 0 Å². The highest BCUT2D eigenvalue weighted by atomic mass is 31.1. The lowest BCUT2D eigenvalue weighted by Gasteiger charge is -2.48. The Balaban J connectivity index is 1.90. The summed E-state index contributed by atoms with van der Waals surface area (Å²) in [4.78, 5) is 0. The maximum Gasteiger partial charge on any atom is 0.259 e. The van der Waals surface area contributed by atoms with Crippen LogP contribution in [0.3, 0.4) is 0 Å². The zero-order chi connectivity index (χ0) is 20.6. The Kier molecular flexibility index (Phi) is 6.31. The second-order valence-corrected chi connectivity index (χ2v) is 12.7. The zero-order valence-corrected chi connectivity index (χ0v) is 20.1. The van der Waals surface area contributed by atoms with Gasteiger partial charge in [0.2, 0.25) is 0 Å². The number of hydrogen-bond donors (Lipinski definition) is 0. The van der Waals surface area contributed by atoms with E-state index in [0.29, 0.717) is 0 Å². The monoisotopic (exact) mass is 415 g/mol. The number of methoxy groups -OCH3 is 1. The number of allylic oxidation sites excluding steroid dienone is 2. The van der Waals surface area contributed by atoms with E-state index in [1.165, 1.54) is 86.7 Å². The van der Waals surface area contributed by atoms with E-state index >= 15 is 0 Å². The molecule has 29 heavy (non-hydrogen) atoms. The van der Waals surface area contributed by atoms with Crippen LogP contribution in [-0.2, 0) is 5.16 Å². The number of rotatable bonds is 5. The number of hydrogen-bond acceptors (Lipinski definition) is 1. The molecule has 0 aliphatic heterocycles. The molecule has 1 N–H and O–H groups in total. The van der Waals surface area contributed by atoms with Gasteiger partial charge in [-0.15, -0.1) is 0 Å². The van der Waals surface area contributed by atoms with Gasteiger partial charge in [0.15, 0.2) is 7.11 Å². The minimum Gasteiger partial charge on any atom is -0.584 e. The molecule has 0 saturated heterocycles. The summed E-state index contributed by atoms with van der Waals surface area (Å²) in [6.07, 6.45) is 14.4. The zero-order valence-electron chi connectivity index (χ0n) is 19.2. The first-order valence-corrected chi connectivity index (χ1v) is 13.3. The number of aliphatic hydroxyl groups is 1. The molecule has 3 heteroatoms. The van der Waals surface area contributed by atoms with Crippen LogP contribution >= 0.6 is 7.92 Å². The van der Waals surface area contributed by atoms with Gasteiger partial charge < -0.3 is 9.47 Å². The molecule has 3 aliphatic rings. The lowest BCUT2D eigenvalue weighted by atomic mass is 9.95. The Morgan fingerprint density at radius 3 is 1.97 bits per heavy atom. The van der Waals surface area contributed by atoms with E-state index in [1.54, 1.807) is 5.57 Å². The van der Waals surface area contributed by atoms with Crippen LogP contribution in [0.5, 0.6) is 11.5 Å². The Hall–Kier alpha value is -1.01. The Morgan fingerprint density at radius 2 is 1.48 bits per heavy atom. The minimum absolute atomic E-state index is 0.141. The average Bonchev–Trinajstić information content (AvgIpc) is 2.97. The van der Waals surface area contributed by atoms with Gasteiger partial charge >= 0.3 is 0 Å². The van der Waals surface area contributed by atoms with E-state index in [2.05, 4.69) is 32.9 Å². The second-order valence-electron chi connectivity index (χ2n) is 9.57. The smallest absolute Gasteiger partial charge is 0.259 e. The van der Waals surface area contributed by atoms with Gasteiger partial charge in [0.05, 0.1) is 12.7 Å². The van der Waals surface area contributed by atoms with Gasteiger partial charge in [0.1, 0.15) is 5.75 Å². The summed E-state index contributed by atoms with van der Waals surface area (Å²) < 4.78 is 10.7. The average molecular weight is 416 g/mol. The Bertz CT molecular complexity index is 753. The molecule has 1 aromatic carbocycles. The molecule has 0 radical (unpaired) electrons. The summed E-state index contributed by atoms with van der Waals surface area (Å²) in [6, 6.07) is 4.34. The predicted octanol–water partition coefficient (Wildman–Crippen LogP) is 7.74. The summed E-state index contributed by atoms with van der Waals surface area (Å²) in [5.41, 5.74) is 7.73. The van der Waals surface area contributed by atoms with Crippen LogP contribution in [0.25, 0.3) is 5.57 Å². The van der Waals surface area contributed by atoms with Crippen LogP contribution < -0.4 is 4.74 Å². The first-order valence-electron chi connectivity index (χ1n) is 11.8. The fraction of sp³-hybridized carbons (Fsp3) is 0.692. The maximum atomic E-state index is 5.87. The molecule has 4 rings (SSSR count). The Labute approximate surface area is 179 Å². The van der Waals surface area contributed by atoms with E-state index in [1.807, 2.05) is 14.2 Å². The van der Waals surface area contributed by atoms with Crippen LogP contribution in [0.2, 0.25) is 0 Å². The fourth-order valence-corrected chi connectivity index (χ4v) is 11.5. The van der Waals surface area contributed by atoms with Crippen molar-refractivity contribution >= 4 is 13.5 Å². The van der Waals surface area contributed by atoms with Gasteiger partial charge in [-0.1, -0.05) is 52.0 Å². The van der Waals surface area contributed by atoms with Crippen molar-refractivity contribution in [3.63, 3.8) is 0 Å². The summed E-state index contributed by atoms with van der Waals surface area (Å²) >= 11 is 0. The van der Waals surface area contributed by atoms with Crippen molar-refractivity contribution in [2.75, 3.05) is 14.2 Å². The van der Waals surface area contributed by atoms with Crippen molar-refractivity contribution in [3.05, 3.63) is 28.8 Å². The molecular formula is C26H40O2P+. The molecule has 0 bridgehead atoms. The molecule has 3 aliphatic carbocycles. The van der Waals surface area contributed by atoms with Crippen LogP contribution in [0.15, 0.2) is 17.7 Å². The van der Waals surface area contributed by atoms with Crippen LogP contribution in [-0.4, -0.2) is 30.3 Å². The number of aromatic hydroxyl groups is 1. The third kappa shape index (κ3) is 3.44. The van der Waals surface area contributed by atoms with Crippen molar-refractivity contribution < 1.29 is 9.47 Å². The molecule has 0 spiro atoms. The molecular weight excluding hydrogens is 375 g/mol. The highest BCUT2D eigenvalue weighted by molar-refractivity contribution is 7.60. The van der Waals surface area contributed by atoms with Gasteiger partial charge in [0, 0.05) is 16.8 Å². The lowest BCUT2D eigenvalue weighted by Crippen LogP contribution is -2.33. The van der Waals surface area contributed by atoms with Gasteiger partial charge in [-0.2, -0.15) is 0 Å². The molecule has 0 amide bonds. The Morgan fingerprint density at radius 1 is 0.931 bits per heavy atom. The topological polar surface area (TPSA) is 22.0 Å². The third-order valence-electron chi connectivity index (χ3n) is 8.21. The highest BCUT2D eigenvalue weighted by Crippen LogP contribution is 2.74. The molecule has 1 atom stereocenters. The second kappa shape index (κ2) is 8.62. The van der Waals surface area contributed by atoms with Gasteiger partial charge in [-0.25, -0.2) is 0 Å². The molecule has 2 saturated carbocycles. The van der Waals surface area contributed by atoms with Crippen molar-refractivity contribution in [1.82, 2.24) is 0 Å². The van der Waals surface area contributed by atoms with Crippen molar-refractivity contribution in [3.8, 4) is 11.5 Å². The van der Waals surface area contributed by atoms with Crippen LogP contribution in [0, 0.1) is 0 Å². The first kappa shape index (κ1) is 21.2. The molecule has 1 aromatic rings. The number of ether oxygens (including phenoxy) is 2. The highest BCUT2D eigenvalue weighted by Gasteiger charge is 2.52. The van der Waals surface area contributed by atoms with E-state index in [-0.39, 0.29) is 13.1 Å². The largest absolute Gasteiger partial charge is 0.584 e. The van der Waals surface area contributed by atoms with E-state index in [0.717, 1.165) is 17.1 Å². The molecule has 0 heterocycles. The van der Waals surface area contributed by atoms with E-state index in [4.69, 9.17) is 9.47 Å². The van der Waals surface area contributed by atoms with Crippen molar-refractivity contribution in [2.24, 2.45) is 0 Å². The van der Waals surface area contributed by atoms with Gasteiger partial charge in [0.25, 0.3) is 5.75 Å². The number of benzene rings is 1. The molecule has 2 nitrogen and oxygen atoms in total. The normalized spacial score (nSPS) is 26.1. The molecule has 2 fully saturated rings. The third-order valence-corrected chi connectivity index (χ3v) is 12.4. The van der Waals surface area contributed by atoms with Crippen LogP contribution in [0.1, 0.15) is 96.1 Å². The maximum absolute atomic E-state index is 5.87. The number of fused-ring (bicyclic) bond motifs is 1. The summed E-state index contributed by atoms with van der Waals surface area (Å²) in [5, 5.41) is 0.141. The molecule has 0 aromatic heterocycles.